The first-order valence-electron chi connectivity index (χ1n) is 9.66. The maximum absolute atomic E-state index is 13.3. The molecule has 0 aliphatic heterocycles. The lowest BCUT2D eigenvalue weighted by Gasteiger charge is -2.10. The van der Waals surface area contributed by atoms with Gasteiger partial charge >= 0.3 is 0 Å². The van der Waals surface area contributed by atoms with Crippen LogP contribution < -0.4 is 20.5 Å². The summed E-state index contributed by atoms with van der Waals surface area (Å²) in [6.07, 6.45) is 1.71. The fourth-order valence-electron chi connectivity index (χ4n) is 3.54. The Balaban J connectivity index is 1.77. The molecule has 0 aliphatic carbocycles. The number of halogens is 1. The molecule has 0 radical (unpaired) electrons. The fourth-order valence-corrected chi connectivity index (χ4v) is 3.81. The summed E-state index contributed by atoms with van der Waals surface area (Å²) in [5.74, 6) is 0.308. The third kappa shape index (κ3) is 3.80. The number of anilines is 2. The Morgan fingerprint density at radius 1 is 0.969 bits per heavy atom. The number of methoxy groups -OCH3 is 2. The standard InChI is InChI=1S/C24H20BrN3O4/c1-31-18-11-10-16(13-19(18)32-2)27-24(30)20-17-5-3-4-12-28(17)22(21(20)26)23(29)14-6-8-15(25)9-7-14/h3-13H,26H2,1-2H3,(H,27,30). The molecule has 0 spiro atoms. The number of rotatable bonds is 6. The first-order chi connectivity index (χ1) is 15.4. The van der Waals surface area contributed by atoms with Gasteiger partial charge in [-0.25, -0.2) is 0 Å². The molecule has 3 N–H and O–H groups in total. The van der Waals surface area contributed by atoms with E-state index in [-0.39, 0.29) is 22.7 Å². The zero-order valence-corrected chi connectivity index (χ0v) is 19.0. The minimum Gasteiger partial charge on any atom is -0.493 e. The maximum atomic E-state index is 13.3. The number of fused-ring (bicyclic) bond motifs is 1. The van der Waals surface area contributed by atoms with Crippen molar-refractivity contribution in [3.63, 3.8) is 0 Å². The zero-order chi connectivity index (χ0) is 22.8. The predicted molar refractivity (Wildman–Crippen MR) is 127 cm³/mol. The monoisotopic (exact) mass is 493 g/mol. The summed E-state index contributed by atoms with van der Waals surface area (Å²) in [7, 11) is 3.05. The third-order valence-corrected chi connectivity index (χ3v) is 5.60. The largest absolute Gasteiger partial charge is 0.493 e. The maximum Gasteiger partial charge on any atom is 0.259 e. The Labute approximate surface area is 192 Å². The van der Waals surface area contributed by atoms with Crippen LogP contribution in [0.4, 0.5) is 11.4 Å². The Bertz CT molecular complexity index is 1330. The number of nitrogens with two attached hydrogens (primary N) is 1. The summed E-state index contributed by atoms with van der Waals surface area (Å²) in [5.41, 5.74) is 8.46. The molecule has 1 amide bonds. The van der Waals surface area contributed by atoms with Crippen LogP contribution in [0.2, 0.25) is 0 Å². The highest BCUT2D eigenvalue weighted by atomic mass is 79.9. The van der Waals surface area contributed by atoms with Crippen LogP contribution in [0.1, 0.15) is 26.4 Å². The number of aromatic nitrogens is 1. The molecule has 2 heterocycles. The number of ether oxygens (including phenoxy) is 2. The second kappa shape index (κ2) is 8.76. The van der Waals surface area contributed by atoms with Crippen molar-refractivity contribution in [1.29, 1.82) is 0 Å². The molecular weight excluding hydrogens is 474 g/mol. The van der Waals surface area contributed by atoms with Crippen molar-refractivity contribution in [2.24, 2.45) is 0 Å². The van der Waals surface area contributed by atoms with E-state index < -0.39 is 5.91 Å². The number of ketones is 1. The molecule has 4 rings (SSSR count). The summed E-state index contributed by atoms with van der Waals surface area (Å²) in [4.78, 5) is 26.5. The summed E-state index contributed by atoms with van der Waals surface area (Å²) in [6, 6.07) is 17.3. The van der Waals surface area contributed by atoms with E-state index in [1.165, 1.54) is 14.2 Å². The van der Waals surface area contributed by atoms with Gasteiger partial charge in [0.1, 0.15) is 5.69 Å². The molecular formula is C24H20BrN3O4. The number of pyridine rings is 1. The van der Waals surface area contributed by atoms with Crippen LogP contribution in [0.15, 0.2) is 71.3 Å². The Kier molecular flexibility index (Phi) is 5.87. The number of amides is 1. The summed E-state index contributed by atoms with van der Waals surface area (Å²) < 4.78 is 13.0. The third-order valence-electron chi connectivity index (χ3n) is 5.07. The van der Waals surface area contributed by atoms with Crippen molar-refractivity contribution in [2.45, 2.75) is 0 Å². The number of nitrogen functional groups attached to an aromatic ring is 1. The second-order valence-electron chi connectivity index (χ2n) is 6.95. The van der Waals surface area contributed by atoms with Crippen molar-refractivity contribution in [1.82, 2.24) is 4.40 Å². The number of benzene rings is 2. The van der Waals surface area contributed by atoms with E-state index in [1.54, 1.807) is 71.3 Å². The first-order valence-corrected chi connectivity index (χ1v) is 10.5. The Morgan fingerprint density at radius 2 is 1.69 bits per heavy atom. The Hall–Kier alpha value is -3.78. The zero-order valence-electron chi connectivity index (χ0n) is 17.4. The van der Waals surface area contributed by atoms with Gasteiger partial charge in [-0.2, -0.15) is 0 Å². The summed E-state index contributed by atoms with van der Waals surface area (Å²) in [6.45, 7) is 0. The molecule has 162 valence electrons. The number of nitrogens with zero attached hydrogens (tertiary/aromatic N) is 1. The topological polar surface area (TPSA) is 95.1 Å². The Morgan fingerprint density at radius 3 is 2.38 bits per heavy atom. The molecule has 8 heteroatoms. The SMILES string of the molecule is COc1ccc(NC(=O)c2c(N)c(C(=O)c3ccc(Br)cc3)n3ccccc23)cc1OC. The van der Waals surface area contributed by atoms with Gasteiger partial charge in [-0.15, -0.1) is 0 Å². The molecule has 0 saturated carbocycles. The molecule has 0 saturated heterocycles. The van der Waals surface area contributed by atoms with Gasteiger partial charge in [-0.1, -0.05) is 22.0 Å². The van der Waals surface area contributed by atoms with E-state index in [1.807, 2.05) is 0 Å². The number of carbonyl (C=O) groups excluding carboxylic acids is 2. The van der Waals surface area contributed by atoms with Crippen LogP contribution in [0, 0.1) is 0 Å². The lowest BCUT2D eigenvalue weighted by atomic mass is 10.1. The van der Waals surface area contributed by atoms with Crippen LogP contribution in [-0.2, 0) is 0 Å². The second-order valence-corrected chi connectivity index (χ2v) is 7.87. The number of carbonyl (C=O) groups is 2. The van der Waals surface area contributed by atoms with Crippen LogP contribution in [0.25, 0.3) is 5.52 Å². The fraction of sp³-hybridized carbons (Fsp3) is 0.0833. The summed E-state index contributed by atoms with van der Waals surface area (Å²) in [5, 5.41) is 2.83. The minimum absolute atomic E-state index is 0.113. The molecule has 0 bridgehead atoms. The van der Waals surface area contributed by atoms with E-state index in [0.29, 0.717) is 28.3 Å². The van der Waals surface area contributed by atoms with Gasteiger partial charge in [0.15, 0.2) is 11.5 Å². The van der Waals surface area contributed by atoms with Crippen LogP contribution >= 0.6 is 15.9 Å². The molecule has 0 atom stereocenters. The van der Waals surface area contributed by atoms with Crippen molar-refractivity contribution in [3.8, 4) is 11.5 Å². The molecule has 32 heavy (non-hydrogen) atoms. The van der Waals surface area contributed by atoms with E-state index in [2.05, 4.69) is 21.2 Å². The van der Waals surface area contributed by atoms with Crippen LogP contribution in [0.3, 0.4) is 0 Å². The number of hydrogen-bond acceptors (Lipinski definition) is 5. The molecule has 7 nitrogen and oxygen atoms in total. The van der Waals surface area contributed by atoms with E-state index in [0.717, 1.165) is 4.47 Å². The molecule has 2 aromatic heterocycles. The average molecular weight is 494 g/mol. The first kappa shape index (κ1) is 21.5. The highest BCUT2D eigenvalue weighted by Gasteiger charge is 2.26. The van der Waals surface area contributed by atoms with Gasteiger partial charge in [0.2, 0.25) is 5.78 Å². The van der Waals surface area contributed by atoms with Gasteiger partial charge in [0.25, 0.3) is 5.91 Å². The molecule has 4 aromatic rings. The highest BCUT2D eigenvalue weighted by Crippen LogP contribution is 2.32. The number of nitrogens with one attached hydrogen (secondary N) is 1. The van der Waals surface area contributed by atoms with Gasteiger partial charge in [-0.3, -0.25) is 9.59 Å². The van der Waals surface area contributed by atoms with Crippen molar-refractivity contribution in [2.75, 3.05) is 25.3 Å². The van der Waals surface area contributed by atoms with Crippen molar-refractivity contribution < 1.29 is 19.1 Å². The normalized spacial score (nSPS) is 10.7. The van der Waals surface area contributed by atoms with Gasteiger partial charge < -0.3 is 24.9 Å². The lowest BCUT2D eigenvalue weighted by Crippen LogP contribution is -2.14. The lowest BCUT2D eigenvalue weighted by molar-refractivity contribution is 0.102. The molecule has 0 unspecified atom stereocenters. The van der Waals surface area contributed by atoms with Gasteiger partial charge in [-0.05, 0) is 48.5 Å². The minimum atomic E-state index is -0.437. The van der Waals surface area contributed by atoms with Gasteiger partial charge in [0, 0.05) is 28.0 Å². The molecule has 0 fully saturated rings. The number of hydrogen-bond donors (Lipinski definition) is 2. The van der Waals surface area contributed by atoms with E-state index in [4.69, 9.17) is 15.2 Å². The quantitative estimate of drug-likeness (QED) is 0.376. The van der Waals surface area contributed by atoms with E-state index in [9.17, 15) is 9.59 Å². The highest BCUT2D eigenvalue weighted by molar-refractivity contribution is 9.10. The average Bonchev–Trinajstić information content (AvgIpc) is 3.10. The molecule has 0 aliphatic rings. The van der Waals surface area contributed by atoms with Gasteiger partial charge in [0.05, 0.1) is 31.0 Å². The van der Waals surface area contributed by atoms with Crippen molar-refractivity contribution in [3.05, 3.63) is 88.2 Å². The van der Waals surface area contributed by atoms with Crippen LogP contribution in [-0.4, -0.2) is 30.3 Å². The van der Waals surface area contributed by atoms with Crippen LogP contribution in [0.5, 0.6) is 11.5 Å². The van der Waals surface area contributed by atoms with Crippen molar-refractivity contribution >= 4 is 44.5 Å². The van der Waals surface area contributed by atoms with E-state index >= 15 is 0 Å². The molecule has 2 aromatic carbocycles. The predicted octanol–water partition coefficient (Wildman–Crippen LogP) is 4.78. The summed E-state index contributed by atoms with van der Waals surface area (Å²) >= 11 is 3.37. The smallest absolute Gasteiger partial charge is 0.259 e.